The second kappa shape index (κ2) is 7.91. The van der Waals surface area contributed by atoms with E-state index in [-0.39, 0.29) is 18.1 Å². The van der Waals surface area contributed by atoms with Crippen LogP contribution in [-0.2, 0) is 9.47 Å². The van der Waals surface area contributed by atoms with Gasteiger partial charge >= 0.3 is 0 Å². The zero-order chi connectivity index (χ0) is 19.7. The summed E-state index contributed by atoms with van der Waals surface area (Å²) in [6.45, 7) is 14.3. The maximum absolute atomic E-state index is 5.89. The van der Waals surface area contributed by atoms with Crippen LogP contribution in [0.25, 0.3) is 10.9 Å². The van der Waals surface area contributed by atoms with Crippen LogP contribution in [0, 0.1) is 6.92 Å². The summed E-state index contributed by atoms with van der Waals surface area (Å²) < 4.78 is 11.6. The third kappa shape index (κ3) is 4.78. The number of nitrogens with one attached hydrogen (secondary N) is 1. The summed E-state index contributed by atoms with van der Waals surface area (Å²) in [5.74, 6) is 0.922. The summed E-state index contributed by atoms with van der Waals surface area (Å²) in [7, 11) is 0. The van der Waals surface area contributed by atoms with Crippen LogP contribution in [0.4, 0.5) is 5.82 Å². The number of aromatic nitrogens is 2. The highest BCUT2D eigenvalue weighted by Gasteiger charge is 2.47. The van der Waals surface area contributed by atoms with Crippen LogP contribution >= 0.6 is 0 Å². The van der Waals surface area contributed by atoms with Gasteiger partial charge in [-0.1, -0.05) is 0 Å². The zero-order valence-corrected chi connectivity index (χ0v) is 17.3. The van der Waals surface area contributed by atoms with Gasteiger partial charge in [0.15, 0.2) is 12.5 Å². The highest BCUT2D eigenvalue weighted by Crippen LogP contribution is 2.31. The minimum atomic E-state index is -0.154. The van der Waals surface area contributed by atoms with E-state index in [0.717, 1.165) is 61.7 Å². The van der Waals surface area contributed by atoms with Crippen molar-refractivity contribution >= 4 is 16.7 Å². The third-order valence-corrected chi connectivity index (χ3v) is 5.22. The van der Waals surface area contributed by atoms with Gasteiger partial charge in [-0.3, -0.25) is 14.8 Å². The highest BCUT2D eigenvalue weighted by atomic mass is 16.8. The predicted molar refractivity (Wildman–Crippen MR) is 110 cm³/mol. The van der Waals surface area contributed by atoms with Crippen molar-refractivity contribution in [2.75, 3.05) is 44.6 Å². The van der Waals surface area contributed by atoms with Gasteiger partial charge < -0.3 is 14.8 Å². The van der Waals surface area contributed by atoms with Gasteiger partial charge in [-0.25, -0.2) is 4.98 Å². The number of anilines is 1. The van der Waals surface area contributed by atoms with Gasteiger partial charge in [0, 0.05) is 56.5 Å². The van der Waals surface area contributed by atoms with E-state index < -0.39 is 0 Å². The van der Waals surface area contributed by atoms with Crippen molar-refractivity contribution in [2.24, 2.45) is 0 Å². The average molecular weight is 386 g/mol. The number of aryl methyl sites for hydroxylation is 1. The number of fused-ring (bicyclic) bond motifs is 1. The first-order valence-corrected chi connectivity index (χ1v) is 10.1. The Morgan fingerprint density at radius 1 is 1.18 bits per heavy atom. The number of rotatable bonds is 6. The molecule has 4 heterocycles. The Morgan fingerprint density at radius 3 is 2.71 bits per heavy atom. The number of hydrogen-bond acceptors (Lipinski definition) is 7. The first kappa shape index (κ1) is 19.5. The molecule has 2 aliphatic rings. The van der Waals surface area contributed by atoms with Crippen molar-refractivity contribution in [3.63, 3.8) is 0 Å². The van der Waals surface area contributed by atoms with Crippen LogP contribution in [0.15, 0.2) is 24.4 Å². The fourth-order valence-corrected chi connectivity index (χ4v) is 3.66. The first-order chi connectivity index (χ1) is 13.4. The molecular formula is C21H31N5O2. The van der Waals surface area contributed by atoms with E-state index in [1.54, 1.807) is 0 Å². The minimum absolute atomic E-state index is 0.0639. The predicted octanol–water partition coefficient (Wildman–Crippen LogP) is 2.47. The summed E-state index contributed by atoms with van der Waals surface area (Å²) in [5.41, 5.74) is 1.85. The molecule has 2 aliphatic heterocycles. The van der Waals surface area contributed by atoms with E-state index in [2.05, 4.69) is 46.9 Å². The van der Waals surface area contributed by atoms with E-state index in [1.807, 2.05) is 25.3 Å². The molecule has 0 aliphatic carbocycles. The molecule has 2 atom stereocenters. The molecule has 0 spiro atoms. The molecular weight excluding hydrogens is 354 g/mol. The van der Waals surface area contributed by atoms with Crippen LogP contribution in [0.1, 0.15) is 26.5 Å². The Kier molecular flexibility index (Phi) is 5.51. The summed E-state index contributed by atoms with van der Waals surface area (Å²) >= 11 is 0. The fraction of sp³-hybridized carbons (Fsp3) is 0.619. The van der Waals surface area contributed by atoms with Crippen LogP contribution in [0.5, 0.6) is 0 Å². The summed E-state index contributed by atoms with van der Waals surface area (Å²) in [6.07, 6.45) is 1.89. The SMILES string of the molecule is Cc1nccc2nc(NCCN3CCN(C4OC4OC(C)(C)C)CC3)ccc12. The lowest BCUT2D eigenvalue weighted by Crippen LogP contribution is -2.49. The molecule has 7 nitrogen and oxygen atoms in total. The van der Waals surface area contributed by atoms with Gasteiger partial charge in [-0.2, -0.15) is 0 Å². The van der Waals surface area contributed by atoms with Crippen LogP contribution in [0.3, 0.4) is 0 Å². The second-order valence-corrected chi connectivity index (χ2v) is 8.59. The van der Waals surface area contributed by atoms with Crippen molar-refractivity contribution in [1.29, 1.82) is 0 Å². The van der Waals surface area contributed by atoms with Gasteiger partial charge in [-0.15, -0.1) is 0 Å². The van der Waals surface area contributed by atoms with Crippen molar-refractivity contribution in [3.8, 4) is 0 Å². The highest BCUT2D eigenvalue weighted by molar-refractivity contribution is 5.81. The third-order valence-electron chi connectivity index (χ3n) is 5.22. The van der Waals surface area contributed by atoms with Crippen LogP contribution < -0.4 is 5.32 Å². The van der Waals surface area contributed by atoms with E-state index in [4.69, 9.17) is 14.5 Å². The lowest BCUT2D eigenvalue weighted by Gasteiger charge is -2.34. The van der Waals surface area contributed by atoms with Gasteiger partial charge in [0.05, 0.1) is 11.1 Å². The summed E-state index contributed by atoms with van der Waals surface area (Å²) in [5, 5.41) is 4.56. The molecule has 2 saturated heterocycles. The van der Waals surface area contributed by atoms with Crippen molar-refractivity contribution in [1.82, 2.24) is 19.8 Å². The zero-order valence-electron chi connectivity index (χ0n) is 17.3. The van der Waals surface area contributed by atoms with Crippen molar-refractivity contribution in [3.05, 3.63) is 30.1 Å². The number of piperazine rings is 1. The van der Waals surface area contributed by atoms with Gasteiger partial charge in [-0.05, 0) is 45.9 Å². The second-order valence-electron chi connectivity index (χ2n) is 8.59. The van der Waals surface area contributed by atoms with Gasteiger partial charge in [0.25, 0.3) is 0 Å². The molecule has 0 bridgehead atoms. The molecule has 0 amide bonds. The molecule has 4 rings (SSSR count). The molecule has 0 saturated carbocycles. The number of ether oxygens (including phenoxy) is 2. The van der Waals surface area contributed by atoms with Gasteiger partial charge in [0.2, 0.25) is 0 Å². The Bertz CT molecular complexity index is 814. The van der Waals surface area contributed by atoms with Crippen LogP contribution in [0.2, 0.25) is 0 Å². The normalized spacial score (nSPS) is 23.9. The maximum atomic E-state index is 5.89. The molecule has 2 aromatic heterocycles. The molecule has 2 aromatic rings. The lowest BCUT2D eigenvalue weighted by atomic mass is 10.2. The lowest BCUT2D eigenvalue weighted by molar-refractivity contribution is -0.0580. The topological polar surface area (TPSA) is 66.1 Å². The Hall–Kier alpha value is -1.80. The molecule has 1 N–H and O–H groups in total. The quantitative estimate of drug-likeness (QED) is 0.766. The number of epoxide rings is 1. The van der Waals surface area contributed by atoms with Crippen molar-refractivity contribution < 1.29 is 9.47 Å². The van der Waals surface area contributed by atoms with E-state index >= 15 is 0 Å². The standard InChI is InChI=1S/C21H31N5O2/c1-15-16-5-6-18(24-17(16)7-8-22-15)23-9-10-25-11-13-26(14-12-25)19-20(27-19)28-21(2,3)4/h5-8,19-20H,9-14H2,1-4H3,(H,23,24). The largest absolute Gasteiger partial charge is 0.369 e. The number of pyridine rings is 2. The molecule has 2 unspecified atom stereocenters. The average Bonchev–Trinajstić information content (AvgIpc) is 3.39. The van der Waals surface area contributed by atoms with Gasteiger partial charge in [0.1, 0.15) is 5.82 Å². The van der Waals surface area contributed by atoms with Crippen LogP contribution in [-0.4, -0.2) is 77.2 Å². The smallest absolute Gasteiger partial charge is 0.200 e. The number of nitrogens with zero attached hydrogens (tertiary/aromatic N) is 4. The fourth-order valence-electron chi connectivity index (χ4n) is 3.66. The minimum Gasteiger partial charge on any atom is -0.369 e. The van der Waals surface area contributed by atoms with Crippen molar-refractivity contribution in [2.45, 2.75) is 45.8 Å². The Morgan fingerprint density at radius 2 is 1.96 bits per heavy atom. The molecule has 28 heavy (non-hydrogen) atoms. The first-order valence-electron chi connectivity index (χ1n) is 10.1. The molecule has 152 valence electrons. The number of hydrogen-bond donors (Lipinski definition) is 1. The van der Waals surface area contributed by atoms with E-state index in [9.17, 15) is 0 Å². The summed E-state index contributed by atoms with van der Waals surface area (Å²) in [4.78, 5) is 13.9. The molecule has 2 fully saturated rings. The van der Waals surface area contributed by atoms with E-state index in [0.29, 0.717) is 0 Å². The molecule has 7 heteroatoms. The maximum Gasteiger partial charge on any atom is 0.200 e. The van der Waals surface area contributed by atoms with E-state index in [1.165, 1.54) is 0 Å². The Labute approximate surface area is 167 Å². The molecule has 0 radical (unpaired) electrons. The monoisotopic (exact) mass is 385 g/mol. The summed E-state index contributed by atoms with van der Waals surface area (Å²) in [6, 6.07) is 6.09. The molecule has 0 aromatic carbocycles. The Balaban J connectivity index is 1.19.